The van der Waals surface area contributed by atoms with E-state index >= 15 is 0 Å². The van der Waals surface area contributed by atoms with Gasteiger partial charge in [0.15, 0.2) is 0 Å². The fraction of sp³-hybridized carbons (Fsp3) is 0.618. The van der Waals surface area contributed by atoms with Crippen LogP contribution >= 0.6 is 0 Å². The van der Waals surface area contributed by atoms with Crippen molar-refractivity contribution < 1.29 is 0 Å². The second-order valence-corrected chi connectivity index (χ2v) is 11.0. The molecule has 0 fully saturated rings. The Morgan fingerprint density at radius 3 is 1.78 bits per heavy atom. The van der Waals surface area contributed by atoms with E-state index in [1.54, 1.807) is 0 Å². The molecule has 0 aliphatic rings. The van der Waals surface area contributed by atoms with Gasteiger partial charge < -0.3 is 9.47 Å². The maximum Gasteiger partial charge on any atom is 0.109 e. The van der Waals surface area contributed by atoms with Gasteiger partial charge >= 0.3 is 0 Å². The molecule has 0 saturated carbocycles. The number of hydrogen-bond acceptors (Lipinski definition) is 2. The van der Waals surface area contributed by atoms with Crippen LogP contribution in [0.15, 0.2) is 54.6 Å². The summed E-state index contributed by atoms with van der Waals surface area (Å²) < 4.78 is 2.48. The van der Waals surface area contributed by atoms with Crippen LogP contribution in [-0.4, -0.2) is 23.1 Å². The van der Waals surface area contributed by atoms with Gasteiger partial charge in [-0.25, -0.2) is 4.98 Å². The number of hydrogen-bond donors (Lipinski definition) is 0. The highest BCUT2D eigenvalue weighted by atomic mass is 15.1. The zero-order valence-electron chi connectivity index (χ0n) is 24.0. The highest BCUT2D eigenvalue weighted by Gasteiger charge is 2.10. The first-order valence-electron chi connectivity index (χ1n) is 15.5. The minimum Gasteiger partial charge on any atom is -0.375 e. The van der Waals surface area contributed by atoms with Crippen LogP contribution in [0.25, 0.3) is 11.0 Å². The molecule has 204 valence electrons. The second-order valence-electron chi connectivity index (χ2n) is 11.0. The summed E-state index contributed by atoms with van der Waals surface area (Å²) in [6.07, 6.45) is 23.4. The first-order chi connectivity index (χ1) is 18.3. The third-order valence-corrected chi connectivity index (χ3v) is 7.81. The summed E-state index contributed by atoms with van der Waals surface area (Å²) in [6.45, 7) is 4.38. The van der Waals surface area contributed by atoms with Crippen LogP contribution in [0, 0.1) is 0 Å². The molecule has 0 aliphatic heterocycles. The van der Waals surface area contributed by atoms with E-state index in [1.807, 2.05) is 0 Å². The van der Waals surface area contributed by atoms with Crippen LogP contribution in [0.4, 0.5) is 5.69 Å². The Labute approximate surface area is 227 Å². The van der Waals surface area contributed by atoms with Crippen LogP contribution in [0.2, 0.25) is 0 Å². The van der Waals surface area contributed by atoms with Gasteiger partial charge in [0, 0.05) is 32.2 Å². The summed E-state index contributed by atoms with van der Waals surface area (Å²) in [5, 5.41) is 0. The van der Waals surface area contributed by atoms with Crippen molar-refractivity contribution in [2.24, 2.45) is 0 Å². The summed E-state index contributed by atoms with van der Waals surface area (Å²) in [7, 11) is 2.19. The molecule has 1 heterocycles. The average molecular weight is 504 g/mol. The molecule has 3 rings (SSSR count). The van der Waals surface area contributed by atoms with Crippen molar-refractivity contribution >= 4 is 16.7 Å². The van der Waals surface area contributed by atoms with E-state index in [9.17, 15) is 0 Å². The lowest BCUT2D eigenvalue weighted by Gasteiger charge is -2.19. The molecule has 3 aromatic rings. The molecule has 0 spiro atoms. The van der Waals surface area contributed by atoms with Crippen LogP contribution in [0.3, 0.4) is 0 Å². The van der Waals surface area contributed by atoms with Gasteiger partial charge in [-0.05, 0) is 37.1 Å². The maximum atomic E-state index is 5.02. The molecular formula is C34H53N3. The van der Waals surface area contributed by atoms with Gasteiger partial charge in [0.1, 0.15) is 5.82 Å². The Bertz CT molecular complexity index is 962. The SMILES string of the molecule is CCCCCCCCCCCCCCCCCc1nc2ccccc2n1CCCN(C)c1ccccc1. The zero-order valence-corrected chi connectivity index (χ0v) is 24.0. The van der Waals surface area contributed by atoms with Gasteiger partial charge in [0.25, 0.3) is 0 Å². The predicted octanol–water partition coefficient (Wildman–Crippen LogP) is 9.98. The number of para-hydroxylation sites is 3. The molecule has 3 nitrogen and oxygen atoms in total. The minimum absolute atomic E-state index is 1.03. The quantitative estimate of drug-likeness (QED) is 0.135. The number of anilines is 1. The van der Waals surface area contributed by atoms with E-state index in [-0.39, 0.29) is 0 Å². The zero-order chi connectivity index (χ0) is 26.0. The summed E-state index contributed by atoms with van der Waals surface area (Å²) in [5.74, 6) is 1.28. The normalized spacial score (nSPS) is 11.4. The number of fused-ring (bicyclic) bond motifs is 1. The molecule has 0 saturated heterocycles. The van der Waals surface area contributed by atoms with Gasteiger partial charge in [-0.2, -0.15) is 0 Å². The van der Waals surface area contributed by atoms with E-state index < -0.39 is 0 Å². The smallest absolute Gasteiger partial charge is 0.109 e. The van der Waals surface area contributed by atoms with Gasteiger partial charge in [-0.3, -0.25) is 0 Å². The number of aryl methyl sites for hydroxylation is 2. The summed E-state index contributed by atoms with van der Waals surface area (Å²) in [6, 6.07) is 19.4. The fourth-order valence-electron chi connectivity index (χ4n) is 5.50. The Kier molecular flexibility index (Phi) is 14.3. The number of imidazole rings is 1. The van der Waals surface area contributed by atoms with Gasteiger partial charge in [-0.1, -0.05) is 127 Å². The molecule has 2 aromatic carbocycles. The Morgan fingerprint density at radius 2 is 1.16 bits per heavy atom. The van der Waals surface area contributed by atoms with Crippen LogP contribution < -0.4 is 4.90 Å². The van der Waals surface area contributed by atoms with Crippen molar-refractivity contribution in [2.45, 2.75) is 123 Å². The lowest BCUT2D eigenvalue weighted by Crippen LogP contribution is -2.20. The van der Waals surface area contributed by atoms with E-state index in [1.165, 1.54) is 113 Å². The molecule has 0 N–H and O–H groups in total. The molecular weight excluding hydrogens is 450 g/mol. The van der Waals surface area contributed by atoms with Crippen molar-refractivity contribution in [1.82, 2.24) is 9.55 Å². The summed E-state index contributed by atoms with van der Waals surface area (Å²) in [5.41, 5.74) is 3.73. The minimum atomic E-state index is 1.03. The van der Waals surface area contributed by atoms with Gasteiger partial charge in [-0.15, -0.1) is 0 Å². The average Bonchev–Trinajstić information content (AvgIpc) is 3.28. The van der Waals surface area contributed by atoms with E-state index in [2.05, 4.69) is 78.0 Å². The summed E-state index contributed by atoms with van der Waals surface area (Å²) >= 11 is 0. The summed E-state index contributed by atoms with van der Waals surface area (Å²) in [4.78, 5) is 7.38. The van der Waals surface area contributed by atoms with Crippen molar-refractivity contribution in [1.29, 1.82) is 0 Å². The van der Waals surface area contributed by atoms with Gasteiger partial charge in [0.2, 0.25) is 0 Å². The third-order valence-electron chi connectivity index (χ3n) is 7.81. The largest absolute Gasteiger partial charge is 0.375 e. The number of unbranched alkanes of at least 4 members (excludes halogenated alkanes) is 14. The molecule has 0 amide bonds. The lowest BCUT2D eigenvalue weighted by molar-refractivity contribution is 0.529. The highest BCUT2D eigenvalue weighted by molar-refractivity contribution is 5.75. The van der Waals surface area contributed by atoms with Crippen LogP contribution in [-0.2, 0) is 13.0 Å². The highest BCUT2D eigenvalue weighted by Crippen LogP contribution is 2.20. The molecule has 1 aromatic heterocycles. The topological polar surface area (TPSA) is 21.1 Å². The lowest BCUT2D eigenvalue weighted by atomic mass is 10.0. The van der Waals surface area contributed by atoms with Crippen LogP contribution in [0.1, 0.15) is 115 Å². The predicted molar refractivity (Wildman–Crippen MR) is 163 cm³/mol. The molecule has 37 heavy (non-hydrogen) atoms. The monoisotopic (exact) mass is 503 g/mol. The Morgan fingerprint density at radius 1 is 0.622 bits per heavy atom. The van der Waals surface area contributed by atoms with Gasteiger partial charge in [0.05, 0.1) is 11.0 Å². The van der Waals surface area contributed by atoms with E-state index in [4.69, 9.17) is 4.98 Å². The Balaban J connectivity index is 1.29. The standard InChI is InChI=1S/C34H53N3/c1-3-4-5-6-7-8-9-10-11-12-13-14-15-16-20-28-34-35-32-26-21-22-27-33(32)37(34)30-23-29-36(2)31-24-18-17-19-25-31/h17-19,21-22,24-27H,3-16,20,23,28-30H2,1-2H3. The van der Waals surface area contributed by atoms with Crippen molar-refractivity contribution in [3.63, 3.8) is 0 Å². The van der Waals surface area contributed by atoms with Crippen molar-refractivity contribution in [2.75, 3.05) is 18.5 Å². The number of nitrogens with zero attached hydrogens (tertiary/aromatic N) is 3. The first kappa shape index (κ1) is 29.3. The van der Waals surface area contributed by atoms with E-state index in [0.717, 1.165) is 31.4 Å². The molecule has 3 heteroatoms. The molecule has 0 radical (unpaired) electrons. The number of aromatic nitrogens is 2. The second kappa shape index (κ2) is 18.0. The Hall–Kier alpha value is -2.29. The maximum absolute atomic E-state index is 5.02. The van der Waals surface area contributed by atoms with Crippen LogP contribution in [0.5, 0.6) is 0 Å². The first-order valence-corrected chi connectivity index (χ1v) is 15.5. The number of rotatable bonds is 21. The molecule has 0 unspecified atom stereocenters. The number of benzene rings is 2. The molecule has 0 aliphatic carbocycles. The third kappa shape index (κ3) is 10.9. The molecule has 0 bridgehead atoms. The van der Waals surface area contributed by atoms with E-state index in [0.29, 0.717) is 0 Å². The molecule has 0 atom stereocenters. The fourth-order valence-corrected chi connectivity index (χ4v) is 5.50. The van der Waals surface area contributed by atoms with Crippen molar-refractivity contribution in [3.05, 3.63) is 60.4 Å². The van der Waals surface area contributed by atoms with Crippen molar-refractivity contribution in [3.8, 4) is 0 Å².